The topological polar surface area (TPSA) is 63.8 Å². The molecule has 0 fully saturated rings. The van der Waals surface area contributed by atoms with Crippen molar-refractivity contribution in [3.63, 3.8) is 0 Å². The number of aromatic hydroxyl groups is 1. The smallest absolute Gasteiger partial charge is 0.258 e. The van der Waals surface area contributed by atoms with Crippen LogP contribution >= 0.6 is 23.2 Å². The highest BCUT2D eigenvalue weighted by Crippen LogP contribution is 2.36. The number of halogens is 2. The molecule has 0 saturated heterocycles. The van der Waals surface area contributed by atoms with E-state index < -0.39 is 0 Å². The van der Waals surface area contributed by atoms with E-state index in [2.05, 4.69) is 4.98 Å². The zero-order valence-electron chi connectivity index (χ0n) is 13.5. The van der Waals surface area contributed by atoms with Gasteiger partial charge in [-0.15, -0.1) is 0 Å². The summed E-state index contributed by atoms with van der Waals surface area (Å²) in [6, 6.07) is 9.89. The fraction of sp³-hybridized carbons (Fsp3) is 0.111. The maximum atomic E-state index is 12.3. The van der Waals surface area contributed by atoms with Gasteiger partial charge < -0.3 is 9.84 Å². The summed E-state index contributed by atoms with van der Waals surface area (Å²) in [4.78, 5) is 16.8. The van der Waals surface area contributed by atoms with Crippen molar-refractivity contribution in [1.29, 1.82) is 0 Å². The van der Waals surface area contributed by atoms with Gasteiger partial charge in [0.25, 0.3) is 5.56 Å². The Bertz CT molecular complexity index is 1060. The van der Waals surface area contributed by atoms with Crippen molar-refractivity contribution in [3.05, 3.63) is 68.7 Å². The number of benzene rings is 1. The molecule has 25 heavy (non-hydrogen) atoms. The maximum absolute atomic E-state index is 12.3. The number of methoxy groups -OCH3 is 1. The number of aromatic nitrogens is 2. The van der Waals surface area contributed by atoms with E-state index in [0.717, 1.165) is 5.69 Å². The minimum atomic E-state index is -0.217. The van der Waals surface area contributed by atoms with Gasteiger partial charge >= 0.3 is 0 Å². The second kappa shape index (κ2) is 6.78. The van der Waals surface area contributed by atoms with Crippen LogP contribution in [0.25, 0.3) is 16.8 Å². The first-order chi connectivity index (χ1) is 11.9. The van der Waals surface area contributed by atoms with Crippen molar-refractivity contribution < 1.29 is 9.84 Å². The van der Waals surface area contributed by atoms with Crippen LogP contribution in [0.1, 0.15) is 17.0 Å². The second-order valence-corrected chi connectivity index (χ2v) is 6.20. The molecular formula is C18H14Cl2N2O3. The van der Waals surface area contributed by atoms with Crippen LogP contribution in [0.15, 0.2) is 41.2 Å². The summed E-state index contributed by atoms with van der Waals surface area (Å²) >= 11 is 12.3. The van der Waals surface area contributed by atoms with E-state index in [1.165, 1.54) is 17.6 Å². The third-order valence-corrected chi connectivity index (χ3v) is 4.28. The van der Waals surface area contributed by atoms with Crippen LogP contribution in [0, 0.1) is 6.92 Å². The highest BCUT2D eigenvalue weighted by molar-refractivity contribution is 6.51. The van der Waals surface area contributed by atoms with Crippen LogP contribution < -0.4 is 10.3 Å². The summed E-state index contributed by atoms with van der Waals surface area (Å²) in [6.07, 6.45) is 1.60. The molecular weight excluding hydrogens is 363 g/mol. The summed E-state index contributed by atoms with van der Waals surface area (Å²) in [5.41, 5.74) is 2.04. The molecule has 0 aliphatic carbocycles. The Balaban J connectivity index is 2.11. The van der Waals surface area contributed by atoms with Gasteiger partial charge in [0.05, 0.1) is 22.9 Å². The molecule has 0 aliphatic heterocycles. The third kappa shape index (κ3) is 3.34. The monoisotopic (exact) mass is 376 g/mol. The lowest BCUT2D eigenvalue weighted by Crippen LogP contribution is -2.16. The molecule has 2 aromatic heterocycles. The molecule has 0 bridgehead atoms. The summed E-state index contributed by atoms with van der Waals surface area (Å²) in [5, 5.41) is 10.2. The van der Waals surface area contributed by atoms with Gasteiger partial charge in [-0.2, -0.15) is 0 Å². The minimum Gasteiger partial charge on any atom is -0.503 e. The number of phenols is 1. The molecule has 2 heterocycles. The van der Waals surface area contributed by atoms with Crippen molar-refractivity contribution in [2.45, 2.75) is 6.92 Å². The molecule has 0 aliphatic rings. The van der Waals surface area contributed by atoms with Crippen molar-refractivity contribution in [2.75, 3.05) is 7.11 Å². The molecule has 3 aromatic rings. The number of aryl methyl sites for hydroxylation is 1. The SMILES string of the molecule is COc1cc(/C=C(\Cl)c2cc(=O)n3c(C)cccc3n2)cc(Cl)c1O. The second-order valence-electron chi connectivity index (χ2n) is 5.39. The van der Waals surface area contributed by atoms with Crippen molar-refractivity contribution >= 4 is 40.0 Å². The number of hydrogen-bond acceptors (Lipinski definition) is 4. The largest absolute Gasteiger partial charge is 0.503 e. The highest BCUT2D eigenvalue weighted by atomic mass is 35.5. The van der Waals surface area contributed by atoms with E-state index >= 15 is 0 Å². The molecule has 7 heteroatoms. The summed E-state index contributed by atoms with van der Waals surface area (Å²) in [5.74, 6) is 0.0837. The number of fused-ring (bicyclic) bond motifs is 1. The Morgan fingerprint density at radius 2 is 2.08 bits per heavy atom. The standard InChI is InChI=1S/C18H14Cl2N2O3/c1-10-4-3-5-16-21-14(9-17(23)22(10)16)12(19)6-11-7-13(20)18(24)15(8-11)25-2/h3-9,24H,1-2H3/b12-6-. The minimum absolute atomic E-state index is 0.136. The molecule has 0 radical (unpaired) electrons. The van der Waals surface area contributed by atoms with Crippen molar-refractivity contribution in [3.8, 4) is 11.5 Å². The van der Waals surface area contributed by atoms with Gasteiger partial charge in [-0.1, -0.05) is 29.3 Å². The lowest BCUT2D eigenvalue weighted by molar-refractivity contribution is 0.373. The molecule has 128 valence electrons. The maximum Gasteiger partial charge on any atom is 0.258 e. The molecule has 0 spiro atoms. The normalized spacial score (nSPS) is 11.8. The van der Waals surface area contributed by atoms with Crippen LogP contribution in [0.4, 0.5) is 0 Å². The Labute approximate surface area is 153 Å². The predicted molar refractivity (Wildman–Crippen MR) is 99.6 cm³/mol. The first kappa shape index (κ1) is 17.3. The highest BCUT2D eigenvalue weighted by Gasteiger charge is 2.10. The number of phenolic OH excluding ortho intramolecular Hbond substituents is 1. The van der Waals surface area contributed by atoms with Gasteiger partial charge in [0.15, 0.2) is 11.5 Å². The van der Waals surface area contributed by atoms with E-state index in [1.807, 2.05) is 19.1 Å². The van der Waals surface area contributed by atoms with Gasteiger partial charge in [-0.05, 0) is 42.8 Å². The Hall–Kier alpha value is -2.50. The van der Waals surface area contributed by atoms with Gasteiger partial charge in [-0.25, -0.2) is 4.98 Å². The average molecular weight is 377 g/mol. The first-order valence-corrected chi connectivity index (χ1v) is 8.10. The number of hydrogen-bond donors (Lipinski definition) is 1. The van der Waals surface area contributed by atoms with E-state index in [-0.39, 0.29) is 27.1 Å². The summed E-state index contributed by atoms with van der Waals surface area (Å²) in [7, 11) is 1.43. The Kier molecular flexibility index (Phi) is 4.70. The molecule has 0 amide bonds. The van der Waals surface area contributed by atoms with Crippen molar-refractivity contribution in [2.24, 2.45) is 0 Å². The quantitative estimate of drug-likeness (QED) is 0.746. The Morgan fingerprint density at radius 1 is 1.32 bits per heavy atom. The van der Waals surface area contributed by atoms with Gasteiger partial charge in [0.1, 0.15) is 5.65 Å². The van der Waals surface area contributed by atoms with Crippen LogP contribution in [-0.4, -0.2) is 21.6 Å². The molecule has 1 aromatic carbocycles. The van der Waals surface area contributed by atoms with E-state index in [9.17, 15) is 9.90 Å². The fourth-order valence-corrected chi connectivity index (χ4v) is 2.93. The molecule has 0 saturated carbocycles. The zero-order valence-corrected chi connectivity index (χ0v) is 15.0. The lowest BCUT2D eigenvalue weighted by Gasteiger charge is -2.08. The molecule has 1 N–H and O–H groups in total. The summed E-state index contributed by atoms with van der Waals surface area (Å²) in [6.45, 7) is 1.83. The number of nitrogens with zero attached hydrogens (tertiary/aromatic N) is 2. The summed E-state index contributed by atoms with van der Waals surface area (Å²) < 4.78 is 6.58. The van der Waals surface area contributed by atoms with Crippen LogP contribution in [0.2, 0.25) is 5.02 Å². The van der Waals surface area contributed by atoms with Crippen LogP contribution in [0.3, 0.4) is 0 Å². The number of ether oxygens (including phenoxy) is 1. The molecule has 0 atom stereocenters. The van der Waals surface area contributed by atoms with Gasteiger partial charge in [0, 0.05) is 11.8 Å². The van der Waals surface area contributed by atoms with Crippen molar-refractivity contribution in [1.82, 2.24) is 9.38 Å². The predicted octanol–water partition coefficient (Wildman–Crippen LogP) is 4.11. The zero-order chi connectivity index (χ0) is 18.1. The van der Waals surface area contributed by atoms with E-state index in [1.54, 1.807) is 24.3 Å². The third-order valence-electron chi connectivity index (χ3n) is 3.69. The molecule has 0 unspecified atom stereocenters. The van der Waals surface area contributed by atoms with E-state index in [4.69, 9.17) is 27.9 Å². The molecule has 3 rings (SSSR count). The first-order valence-electron chi connectivity index (χ1n) is 7.34. The van der Waals surface area contributed by atoms with E-state index in [0.29, 0.717) is 16.9 Å². The molecule has 5 nitrogen and oxygen atoms in total. The number of pyridine rings is 1. The van der Waals surface area contributed by atoms with Crippen LogP contribution in [0.5, 0.6) is 11.5 Å². The Morgan fingerprint density at radius 3 is 2.80 bits per heavy atom. The number of rotatable bonds is 3. The average Bonchev–Trinajstić information content (AvgIpc) is 2.57. The van der Waals surface area contributed by atoms with Crippen LogP contribution in [-0.2, 0) is 0 Å². The fourth-order valence-electron chi connectivity index (χ4n) is 2.49. The van der Waals surface area contributed by atoms with Gasteiger partial charge in [0.2, 0.25) is 0 Å². The van der Waals surface area contributed by atoms with Gasteiger partial charge in [-0.3, -0.25) is 9.20 Å². The lowest BCUT2D eigenvalue weighted by atomic mass is 10.1.